The van der Waals surface area contributed by atoms with E-state index < -0.39 is 29.3 Å². The van der Waals surface area contributed by atoms with Crippen molar-refractivity contribution in [1.29, 1.82) is 0 Å². The Labute approximate surface area is 158 Å². The molecular formula is C17H20BrF3N2O3. The second-order valence-electron chi connectivity index (χ2n) is 6.99. The number of carbonyl (C=O) groups excluding carboxylic acids is 2. The van der Waals surface area contributed by atoms with Crippen LogP contribution in [0.15, 0.2) is 22.7 Å². The molecule has 1 aliphatic heterocycles. The maximum Gasteiger partial charge on any atom is 0.417 e. The average Bonchev–Trinajstić information content (AvgIpc) is 2.46. The molecule has 1 heterocycles. The van der Waals surface area contributed by atoms with Crippen molar-refractivity contribution in [2.45, 2.75) is 39.1 Å². The first-order chi connectivity index (χ1) is 11.9. The molecule has 1 aromatic carbocycles. The Morgan fingerprint density at radius 1 is 1.23 bits per heavy atom. The number of carbonyl (C=O) groups is 2. The second-order valence-corrected chi connectivity index (χ2v) is 7.84. The quantitative estimate of drug-likeness (QED) is 0.702. The Kier molecular flexibility index (Phi) is 5.89. The molecule has 0 bridgehead atoms. The summed E-state index contributed by atoms with van der Waals surface area (Å²) in [6.07, 6.45) is -5.14. The summed E-state index contributed by atoms with van der Waals surface area (Å²) in [5.41, 5.74) is -1.47. The fourth-order valence-electron chi connectivity index (χ4n) is 2.58. The smallest absolute Gasteiger partial charge is 0.417 e. The molecule has 9 heteroatoms. The standard InChI is InChI=1S/C17H20BrF3N2O3/c1-16(2,3)26-15(25)23-8-7-22(13(24)10-23)9-11-5-4-6-12(18)14(11)17(19,20)21/h4-6H,7-10H2,1-3H3. The molecule has 144 valence electrons. The minimum atomic E-state index is -4.53. The molecule has 5 nitrogen and oxygen atoms in total. The topological polar surface area (TPSA) is 49.9 Å². The summed E-state index contributed by atoms with van der Waals surface area (Å²) >= 11 is 2.93. The van der Waals surface area contributed by atoms with Crippen molar-refractivity contribution in [2.75, 3.05) is 19.6 Å². The van der Waals surface area contributed by atoms with E-state index in [-0.39, 0.29) is 36.2 Å². The van der Waals surface area contributed by atoms with E-state index in [9.17, 15) is 22.8 Å². The van der Waals surface area contributed by atoms with Gasteiger partial charge in [-0.15, -0.1) is 0 Å². The summed E-state index contributed by atoms with van der Waals surface area (Å²) in [6.45, 7) is 5.11. The molecule has 0 radical (unpaired) electrons. The van der Waals surface area contributed by atoms with Gasteiger partial charge in [0.15, 0.2) is 0 Å². The lowest BCUT2D eigenvalue weighted by atomic mass is 10.1. The van der Waals surface area contributed by atoms with Crippen molar-refractivity contribution in [3.63, 3.8) is 0 Å². The fourth-order valence-corrected chi connectivity index (χ4v) is 3.21. The molecule has 0 atom stereocenters. The summed E-state index contributed by atoms with van der Waals surface area (Å²) in [5.74, 6) is -0.421. The minimum absolute atomic E-state index is 0.00550. The zero-order valence-corrected chi connectivity index (χ0v) is 16.3. The van der Waals surface area contributed by atoms with Gasteiger partial charge in [-0.1, -0.05) is 28.1 Å². The third kappa shape index (κ3) is 5.12. The van der Waals surface area contributed by atoms with Gasteiger partial charge in [-0.3, -0.25) is 9.69 Å². The first-order valence-corrected chi connectivity index (χ1v) is 8.78. The molecule has 0 saturated carbocycles. The first kappa shape index (κ1) is 20.5. The molecular weight excluding hydrogens is 417 g/mol. The van der Waals surface area contributed by atoms with Crippen LogP contribution in [-0.2, 0) is 22.3 Å². The monoisotopic (exact) mass is 436 g/mol. The minimum Gasteiger partial charge on any atom is -0.444 e. The number of nitrogens with zero attached hydrogens (tertiary/aromatic N) is 2. The van der Waals surface area contributed by atoms with Gasteiger partial charge in [-0.2, -0.15) is 13.2 Å². The highest BCUT2D eigenvalue weighted by Crippen LogP contribution is 2.37. The maximum absolute atomic E-state index is 13.3. The van der Waals surface area contributed by atoms with Gasteiger partial charge in [-0.25, -0.2) is 4.79 Å². The maximum atomic E-state index is 13.3. The predicted molar refractivity (Wildman–Crippen MR) is 92.4 cm³/mol. The van der Waals surface area contributed by atoms with Crippen molar-refractivity contribution < 1.29 is 27.5 Å². The van der Waals surface area contributed by atoms with Crippen LogP contribution in [0.3, 0.4) is 0 Å². The molecule has 2 amide bonds. The van der Waals surface area contributed by atoms with Crippen molar-refractivity contribution in [3.8, 4) is 0 Å². The molecule has 1 fully saturated rings. The van der Waals surface area contributed by atoms with Gasteiger partial charge >= 0.3 is 12.3 Å². The fraction of sp³-hybridized carbons (Fsp3) is 0.529. The highest BCUT2D eigenvalue weighted by Gasteiger charge is 2.37. The molecule has 0 unspecified atom stereocenters. The third-order valence-corrected chi connectivity index (χ3v) is 4.38. The number of ether oxygens (including phenoxy) is 1. The van der Waals surface area contributed by atoms with Crippen LogP contribution in [0, 0.1) is 0 Å². The lowest BCUT2D eigenvalue weighted by Gasteiger charge is -2.35. The van der Waals surface area contributed by atoms with Gasteiger partial charge in [-0.05, 0) is 32.4 Å². The van der Waals surface area contributed by atoms with Crippen LogP contribution in [-0.4, -0.2) is 47.0 Å². The highest BCUT2D eigenvalue weighted by molar-refractivity contribution is 9.10. The largest absolute Gasteiger partial charge is 0.444 e. The van der Waals surface area contributed by atoms with Gasteiger partial charge in [0, 0.05) is 24.1 Å². The summed E-state index contributed by atoms with van der Waals surface area (Å²) < 4.78 is 45.0. The molecule has 1 aromatic rings. The molecule has 0 aromatic heterocycles. The van der Waals surface area contributed by atoms with Crippen molar-refractivity contribution in [1.82, 2.24) is 9.80 Å². The molecule has 26 heavy (non-hydrogen) atoms. The van der Waals surface area contributed by atoms with Crippen molar-refractivity contribution >= 4 is 27.9 Å². The van der Waals surface area contributed by atoms with E-state index in [2.05, 4.69) is 15.9 Å². The lowest BCUT2D eigenvalue weighted by molar-refractivity contribution is -0.141. The molecule has 1 aliphatic rings. The van der Waals surface area contributed by atoms with Crippen LogP contribution < -0.4 is 0 Å². The van der Waals surface area contributed by atoms with E-state index in [1.165, 1.54) is 28.0 Å². The summed E-state index contributed by atoms with van der Waals surface area (Å²) in [6, 6.07) is 4.16. The van der Waals surface area contributed by atoms with Crippen molar-refractivity contribution in [2.24, 2.45) is 0 Å². The van der Waals surface area contributed by atoms with Gasteiger partial charge in [0.05, 0.1) is 5.56 Å². The van der Waals surface area contributed by atoms with Crippen LogP contribution in [0.5, 0.6) is 0 Å². The number of benzene rings is 1. The molecule has 1 saturated heterocycles. The number of rotatable bonds is 2. The van der Waals surface area contributed by atoms with E-state index >= 15 is 0 Å². The van der Waals surface area contributed by atoms with E-state index in [1.54, 1.807) is 20.8 Å². The number of hydrogen-bond donors (Lipinski definition) is 0. The molecule has 0 spiro atoms. The normalized spacial score (nSPS) is 16.0. The Hall–Kier alpha value is -1.77. The number of alkyl halides is 3. The molecule has 0 N–H and O–H groups in total. The van der Waals surface area contributed by atoms with Crippen LogP contribution >= 0.6 is 15.9 Å². The number of halogens is 4. The Morgan fingerprint density at radius 2 is 1.88 bits per heavy atom. The van der Waals surface area contributed by atoms with E-state index in [4.69, 9.17) is 4.74 Å². The predicted octanol–water partition coefficient (Wildman–Crippen LogP) is 4.05. The molecule has 0 aliphatic carbocycles. The van der Waals surface area contributed by atoms with E-state index in [0.29, 0.717) is 0 Å². The van der Waals surface area contributed by atoms with Gasteiger partial charge < -0.3 is 9.64 Å². The number of amides is 2. The SMILES string of the molecule is CC(C)(C)OC(=O)N1CCN(Cc2cccc(Br)c2C(F)(F)F)C(=O)C1. The zero-order chi connectivity index (χ0) is 19.7. The van der Waals surface area contributed by atoms with E-state index in [1.807, 2.05) is 0 Å². The Balaban J connectivity index is 2.09. The average molecular weight is 437 g/mol. The summed E-state index contributed by atoms with van der Waals surface area (Å²) in [4.78, 5) is 26.9. The van der Waals surface area contributed by atoms with Crippen molar-refractivity contribution in [3.05, 3.63) is 33.8 Å². The van der Waals surface area contributed by atoms with Gasteiger partial charge in [0.2, 0.25) is 5.91 Å². The van der Waals surface area contributed by atoms with Gasteiger partial charge in [0.1, 0.15) is 12.1 Å². The lowest BCUT2D eigenvalue weighted by Crippen LogP contribution is -2.52. The molecule has 2 rings (SSSR count). The van der Waals surface area contributed by atoms with Crippen LogP contribution in [0.1, 0.15) is 31.9 Å². The Morgan fingerprint density at radius 3 is 2.42 bits per heavy atom. The zero-order valence-electron chi connectivity index (χ0n) is 14.7. The number of piperazine rings is 1. The number of hydrogen-bond acceptors (Lipinski definition) is 3. The van der Waals surface area contributed by atoms with Crippen LogP contribution in [0.4, 0.5) is 18.0 Å². The van der Waals surface area contributed by atoms with Crippen LogP contribution in [0.25, 0.3) is 0 Å². The Bertz CT molecular complexity index is 701. The summed E-state index contributed by atoms with van der Waals surface area (Å²) in [5, 5.41) is 0. The second kappa shape index (κ2) is 7.46. The van der Waals surface area contributed by atoms with Gasteiger partial charge in [0.25, 0.3) is 0 Å². The summed E-state index contributed by atoms with van der Waals surface area (Å²) in [7, 11) is 0. The first-order valence-electron chi connectivity index (χ1n) is 7.99. The van der Waals surface area contributed by atoms with Crippen LogP contribution in [0.2, 0.25) is 0 Å². The third-order valence-electron chi connectivity index (χ3n) is 3.71. The van der Waals surface area contributed by atoms with E-state index in [0.717, 1.165) is 0 Å². The highest BCUT2D eigenvalue weighted by atomic mass is 79.9.